The molecule has 9 nitrogen and oxygen atoms in total. The normalized spacial score (nSPS) is 28.0. The minimum absolute atomic E-state index is 0.0912. The average molecular weight is 391 g/mol. The van der Waals surface area contributed by atoms with Gasteiger partial charge in [0.2, 0.25) is 12.2 Å². The van der Waals surface area contributed by atoms with Gasteiger partial charge in [0.1, 0.15) is 24.1 Å². The number of carbonyl (C=O) groups excluding carboxylic acids is 1. The molecule has 150 valence electrons. The second kappa shape index (κ2) is 8.57. The lowest BCUT2D eigenvalue weighted by Crippen LogP contribution is -2.61. The van der Waals surface area contributed by atoms with Crippen molar-refractivity contribution < 1.29 is 48.3 Å². The fourth-order valence-corrected chi connectivity index (χ4v) is 2.43. The molecule has 27 heavy (non-hydrogen) atoms. The lowest BCUT2D eigenvalue weighted by Gasteiger charge is -2.38. The van der Waals surface area contributed by atoms with Gasteiger partial charge >= 0.3 is 5.97 Å². The molecule has 1 saturated heterocycles. The van der Waals surface area contributed by atoms with Crippen molar-refractivity contribution in [1.29, 1.82) is 0 Å². The summed E-state index contributed by atoms with van der Waals surface area (Å²) in [6.07, 6.45) is -12.4. The number of aliphatic hydroxyl groups is 3. The van der Waals surface area contributed by atoms with Gasteiger partial charge in [0.15, 0.2) is 6.10 Å². The van der Waals surface area contributed by atoms with E-state index < -0.39 is 60.3 Å². The maximum absolute atomic E-state index is 13.3. The Morgan fingerprint density at radius 1 is 1.22 bits per heavy atom. The summed E-state index contributed by atoms with van der Waals surface area (Å²) in [5.74, 6) is -2.47. The van der Waals surface area contributed by atoms with Crippen LogP contribution in [0.5, 0.6) is 5.75 Å². The van der Waals surface area contributed by atoms with Crippen molar-refractivity contribution in [3.05, 3.63) is 23.8 Å². The zero-order valence-electron chi connectivity index (χ0n) is 14.1. The van der Waals surface area contributed by atoms with Crippen LogP contribution < -0.4 is 10.1 Å². The molecule has 1 aliphatic rings. The summed E-state index contributed by atoms with van der Waals surface area (Å²) < 4.78 is 36.7. The molecule has 0 radical (unpaired) electrons. The first-order valence-electron chi connectivity index (χ1n) is 7.96. The molecular weight excluding hydrogens is 372 g/mol. The minimum Gasteiger partial charge on any atom is -0.479 e. The van der Waals surface area contributed by atoms with E-state index in [4.69, 9.17) is 14.6 Å². The Bertz CT molecular complexity index is 701. The van der Waals surface area contributed by atoms with Gasteiger partial charge in [-0.3, -0.25) is 4.79 Å². The van der Waals surface area contributed by atoms with Crippen LogP contribution in [0.1, 0.15) is 25.3 Å². The summed E-state index contributed by atoms with van der Waals surface area (Å²) >= 11 is 0. The van der Waals surface area contributed by atoms with Crippen molar-refractivity contribution in [2.24, 2.45) is 0 Å². The highest BCUT2D eigenvalue weighted by molar-refractivity contribution is 5.90. The molecule has 2 rings (SSSR count). The lowest BCUT2D eigenvalue weighted by molar-refractivity contribution is -0.271. The van der Waals surface area contributed by atoms with Crippen molar-refractivity contribution >= 4 is 17.6 Å². The van der Waals surface area contributed by atoms with Crippen molar-refractivity contribution in [1.82, 2.24) is 0 Å². The Kier molecular flexibility index (Phi) is 6.65. The Labute approximate surface area is 152 Å². The van der Waals surface area contributed by atoms with Gasteiger partial charge < -0.3 is 35.2 Å². The Hall–Kier alpha value is -2.34. The highest BCUT2D eigenvalue weighted by Crippen LogP contribution is 2.34. The monoisotopic (exact) mass is 391 g/mol. The quantitative estimate of drug-likeness (QED) is 0.464. The lowest BCUT2D eigenvalue weighted by atomic mass is 9.99. The first-order valence-corrected chi connectivity index (χ1v) is 7.96. The first kappa shape index (κ1) is 21.0. The number of hydrogen-bond donors (Lipinski definition) is 5. The maximum Gasteiger partial charge on any atom is 0.335 e. The van der Waals surface area contributed by atoms with Crippen LogP contribution in [0.2, 0.25) is 0 Å². The van der Waals surface area contributed by atoms with E-state index in [-0.39, 0.29) is 12.1 Å². The number of carboxylic acid groups (broad SMARTS) is 1. The SMILES string of the molecule is CCC(=O)Nc1ccc(OC2OC(C(=O)O)C(O)C(O)C2O)c(C(F)F)c1. The topological polar surface area (TPSA) is 146 Å². The van der Waals surface area contributed by atoms with Crippen LogP contribution in [0.15, 0.2) is 18.2 Å². The number of hydrogen-bond acceptors (Lipinski definition) is 7. The molecule has 1 fully saturated rings. The molecule has 1 aromatic carbocycles. The van der Waals surface area contributed by atoms with Gasteiger partial charge in [-0.2, -0.15) is 0 Å². The number of aliphatic hydroxyl groups excluding tert-OH is 3. The molecule has 5 unspecified atom stereocenters. The minimum atomic E-state index is -3.02. The van der Waals surface area contributed by atoms with Crippen molar-refractivity contribution in [3.63, 3.8) is 0 Å². The third-order valence-corrected chi connectivity index (χ3v) is 3.91. The molecule has 5 atom stereocenters. The molecule has 0 saturated carbocycles. The fraction of sp³-hybridized carbons (Fsp3) is 0.500. The van der Waals surface area contributed by atoms with Gasteiger partial charge in [0, 0.05) is 12.1 Å². The summed E-state index contributed by atoms with van der Waals surface area (Å²) in [5.41, 5.74) is -0.555. The third kappa shape index (κ3) is 4.69. The number of amides is 1. The van der Waals surface area contributed by atoms with Crippen LogP contribution >= 0.6 is 0 Å². The van der Waals surface area contributed by atoms with Crippen molar-refractivity contribution in [2.45, 2.75) is 50.5 Å². The van der Waals surface area contributed by atoms with Gasteiger partial charge in [-0.25, -0.2) is 13.6 Å². The van der Waals surface area contributed by atoms with Gasteiger partial charge in [-0.05, 0) is 18.2 Å². The van der Waals surface area contributed by atoms with E-state index in [0.29, 0.717) is 0 Å². The van der Waals surface area contributed by atoms with Crippen LogP contribution in [0.25, 0.3) is 0 Å². The summed E-state index contributed by atoms with van der Waals surface area (Å²) in [6, 6.07) is 3.31. The molecule has 1 aromatic rings. The van der Waals surface area contributed by atoms with Gasteiger partial charge in [-0.15, -0.1) is 0 Å². The summed E-state index contributed by atoms with van der Waals surface area (Å²) in [6.45, 7) is 1.58. The van der Waals surface area contributed by atoms with E-state index in [9.17, 15) is 33.7 Å². The molecule has 0 aliphatic carbocycles. The van der Waals surface area contributed by atoms with E-state index >= 15 is 0 Å². The second-order valence-electron chi connectivity index (χ2n) is 5.81. The Morgan fingerprint density at radius 2 is 1.89 bits per heavy atom. The number of carbonyl (C=O) groups is 2. The van der Waals surface area contributed by atoms with Crippen molar-refractivity contribution in [2.75, 3.05) is 5.32 Å². The van der Waals surface area contributed by atoms with E-state index in [1.165, 1.54) is 6.07 Å². The second-order valence-corrected chi connectivity index (χ2v) is 5.81. The number of anilines is 1. The zero-order valence-corrected chi connectivity index (χ0v) is 14.1. The molecule has 1 aliphatic heterocycles. The van der Waals surface area contributed by atoms with Gasteiger partial charge in [0.05, 0.1) is 5.56 Å². The molecule has 11 heteroatoms. The number of alkyl halides is 2. The Morgan fingerprint density at radius 3 is 2.44 bits per heavy atom. The predicted molar refractivity (Wildman–Crippen MR) is 85.3 cm³/mol. The van der Waals surface area contributed by atoms with E-state index in [0.717, 1.165) is 12.1 Å². The molecule has 0 spiro atoms. The van der Waals surface area contributed by atoms with Crippen LogP contribution in [0.3, 0.4) is 0 Å². The molecule has 1 amide bonds. The van der Waals surface area contributed by atoms with Crippen LogP contribution in [0, 0.1) is 0 Å². The van der Waals surface area contributed by atoms with Crippen LogP contribution in [-0.4, -0.2) is 63.0 Å². The smallest absolute Gasteiger partial charge is 0.335 e. The summed E-state index contributed by atoms with van der Waals surface area (Å²) in [5, 5.41) is 40.7. The fourth-order valence-electron chi connectivity index (χ4n) is 2.43. The van der Waals surface area contributed by atoms with Crippen LogP contribution in [0.4, 0.5) is 14.5 Å². The maximum atomic E-state index is 13.3. The van der Waals surface area contributed by atoms with Gasteiger partial charge in [0.25, 0.3) is 6.43 Å². The zero-order chi connectivity index (χ0) is 20.3. The average Bonchev–Trinajstić information content (AvgIpc) is 2.62. The number of carboxylic acids is 1. The number of nitrogens with one attached hydrogen (secondary N) is 1. The predicted octanol–water partition coefficient (Wildman–Crippen LogP) is 0.244. The molecule has 0 bridgehead atoms. The first-order chi connectivity index (χ1) is 12.6. The number of rotatable bonds is 6. The number of aliphatic carboxylic acids is 1. The molecule has 5 N–H and O–H groups in total. The summed E-state index contributed by atoms with van der Waals surface area (Å²) in [7, 11) is 0. The van der Waals surface area contributed by atoms with E-state index in [2.05, 4.69) is 5.32 Å². The number of halogens is 2. The molecular formula is C16H19F2NO8. The van der Waals surface area contributed by atoms with Gasteiger partial charge in [-0.1, -0.05) is 6.92 Å². The van der Waals surface area contributed by atoms with E-state index in [1.54, 1.807) is 6.92 Å². The molecule has 0 aromatic heterocycles. The largest absolute Gasteiger partial charge is 0.479 e. The molecule has 1 heterocycles. The van der Waals surface area contributed by atoms with Crippen LogP contribution in [-0.2, 0) is 14.3 Å². The third-order valence-electron chi connectivity index (χ3n) is 3.91. The number of ether oxygens (including phenoxy) is 2. The summed E-state index contributed by atoms with van der Waals surface area (Å²) in [4.78, 5) is 22.5. The van der Waals surface area contributed by atoms with E-state index in [1.807, 2.05) is 0 Å². The standard InChI is InChI=1S/C16H19F2NO8/c1-2-9(20)19-6-3-4-8(7(5-6)14(17)18)26-16-12(23)10(21)11(22)13(27-16)15(24)25/h3-5,10-14,16,21-23H,2H2,1H3,(H,19,20)(H,24,25). The number of benzene rings is 1. The highest BCUT2D eigenvalue weighted by Gasteiger charge is 2.48. The Balaban J connectivity index is 2.26. The highest BCUT2D eigenvalue weighted by atomic mass is 19.3. The van der Waals surface area contributed by atoms with Crippen molar-refractivity contribution in [3.8, 4) is 5.75 Å².